The van der Waals surface area contributed by atoms with Crippen molar-refractivity contribution in [2.45, 2.75) is 13.3 Å². The molecule has 4 heteroatoms. The molecule has 0 heterocycles. The number of nitrogens with zero attached hydrogens (tertiary/aromatic N) is 1. The van der Waals surface area contributed by atoms with Gasteiger partial charge in [0.1, 0.15) is 5.71 Å². The number of hydrogen-bond acceptors (Lipinski definition) is 4. The maximum atomic E-state index is 10.8. The van der Waals surface area contributed by atoms with E-state index < -0.39 is 0 Å². The highest BCUT2D eigenvalue weighted by molar-refractivity contribution is 6.40. The first-order valence-electron chi connectivity index (χ1n) is 2.99. The van der Waals surface area contributed by atoms with Crippen LogP contribution >= 0.6 is 0 Å². The third kappa shape index (κ3) is 2.59. The fraction of sp³-hybridized carbons (Fsp3) is 0.667. The zero-order chi connectivity index (χ0) is 7.98. The summed E-state index contributed by atoms with van der Waals surface area (Å²) in [5.41, 5.74) is 0.0741. The van der Waals surface area contributed by atoms with Crippen LogP contribution in [0.5, 0.6) is 0 Å². The summed E-state index contributed by atoms with van der Waals surface area (Å²) in [6, 6.07) is 0. The van der Waals surface area contributed by atoms with Crippen molar-refractivity contribution in [2.75, 3.05) is 13.7 Å². The lowest BCUT2D eigenvalue weighted by Gasteiger charge is -1.97. The van der Waals surface area contributed by atoms with Crippen molar-refractivity contribution in [3.8, 4) is 0 Å². The predicted octanol–water partition coefficient (Wildman–Crippen LogP) is 0.442. The van der Waals surface area contributed by atoms with Gasteiger partial charge in [-0.1, -0.05) is 12.1 Å². The topological polar surface area (TPSA) is 58.9 Å². The fourth-order valence-electron chi connectivity index (χ4n) is 0.506. The summed E-state index contributed by atoms with van der Waals surface area (Å²) >= 11 is 0. The van der Waals surface area contributed by atoms with Crippen molar-refractivity contribution in [2.24, 2.45) is 5.16 Å². The number of oxime groups is 1. The van der Waals surface area contributed by atoms with Gasteiger partial charge in [-0.2, -0.15) is 0 Å². The Morgan fingerprint density at radius 3 is 2.60 bits per heavy atom. The van der Waals surface area contributed by atoms with Crippen LogP contribution < -0.4 is 0 Å². The van der Waals surface area contributed by atoms with E-state index in [9.17, 15) is 4.79 Å². The minimum atomic E-state index is -0.190. The molecule has 0 aliphatic carbocycles. The van der Waals surface area contributed by atoms with E-state index in [4.69, 9.17) is 5.21 Å². The standard InChI is InChI=1S/C6H11NO3/c1-3-6(8)5(7-9)4-10-2/h9H,3-4H2,1-2H3/b7-5-. The van der Waals surface area contributed by atoms with Gasteiger partial charge in [0.25, 0.3) is 0 Å². The van der Waals surface area contributed by atoms with Crippen molar-refractivity contribution in [3.05, 3.63) is 0 Å². The van der Waals surface area contributed by atoms with Crippen LogP contribution in [0.1, 0.15) is 13.3 Å². The molecule has 0 spiro atoms. The maximum absolute atomic E-state index is 10.8. The van der Waals surface area contributed by atoms with Crippen LogP contribution in [-0.4, -0.2) is 30.4 Å². The molecule has 0 rings (SSSR count). The Balaban J connectivity index is 3.95. The third-order valence-electron chi connectivity index (χ3n) is 1.04. The molecule has 4 nitrogen and oxygen atoms in total. The predicted molar refractivity (Wildman–Crippen MR) is 36.4 cm³/mol. The Morgan fingerprint density at radius 1 is 1.70 bits per heavy atom. The fourth-order valence-corrected chi connectivity index (χ4v) is 0.506. The summed E-state index contributed by atoms with van der Waals surface area (Å²) in [5, 5.41) is 11.0. The average Bonchev–Trinajstić information content (AvgIpc) is 1.99. The van der Waals surface area contributed by atoms with Crippen molar-refractivity contribution >= 4 is 11.5 Å². The second-order valence-corrected chi connectivity index (χ2v) is 1.76. The lowest BCUT2D eigenvalue weighted by molar-refractivity contribution is -0.113. The minimum absolute atomic E-state index is 0.0726. The zero-order valence-corrected chi connectivity index (χ0v) is 6.13. The molecule has 0 aromatic heterocycles. The van der Waals surface area contributed by atoms with E-state index >= 15 is 0 Å². The molecule has 10 heavy (non-hydrogen) atoms. The van der Waals surface area contributed by atoms with Crippen molar-refractivity contribution in [1.29, 1.82) is 0 Å². The van der Waals surface area contributed by atoms with E-state index in [1.165, 1.54) is 7.11 Å². The lowest BCUT2D eigenvalue weighted by Crippen LogP contribution is -2.18. The van der Waals surface area contributed by atoms with E-state index in [-0.39, 0.29) is 18.1 Å². The lowest BCUT2D eigenvalue weighted by atomic mass is 10.2. The Morgan fingerprint density at radius 2 is 2.30 bits per heavy atom. The molecule has 0 saturated carbocycles. The molecule has 0 aromatic rings. The molecule has 0 radical (unpaired) electrons. The average molecular weight is 145 g/mol. The molecule has 0 atom stereocenters. The first-order valence-corrected chi connectivity index (χ1v) is 2.99. The Hall–Kier alpha value is -0.900. The number of methoxy groups -OCH3 is 1. The van der Waals surface area contributed by atoms with Gasteiger partial charge in [-0.25, -0.2) is 0 Å². The van der Waals surface area contributed by atoms with Crippen LogP contribution in [0, 0.1) is 0 Å². The first-order chi connectivity index (χ1) is 4.76. The molecule has 0 aliphatic heterocycles. The van der Waals surface area contributed by atoms with Gasteiger partial charge in [0.2, 0.25) is 0 Å². The van der Waals surface area contributed by atoms with Crippen LogP contribution in [0.25, 0.3) is 0 Å². The summed E-state index contributed by atoms with van der Waals surface area (Å²) in [4.78, 5) is 10.8. The van der Waals surface area contributed by atoms with Gasteiger partial charge < -0.3 is 9.94 Å². The van der Waals surface area contributed by atoms with Crippen LogP contribution in [0.3, 0.4) is 0 Å². The molecule has 0 saturated heterocycles. The summed E-state index contributed by atoms with van der Waals surface area (Å²) in [5.74, 6) is -0.190. The van der Waals surface area contributed by atoms with Crippen LogP contribution in [0.15, 0.2) is 5.16 Å². The number of carbonyl (C=O) groups excluding carboxylic acids is 1. The number of hydrogen-bond donors (Lipinski definition) is 1. The van der Waals surface area contributed by atoms with Gasteiger partial charge in [-0.05, 0) is 0 Å². The maximum Gasteiger partial charge on any atom is 0.182 e. The molecule has 0 aromatic carbocycles. The summed E-state index contributed by atoms with van der Waals surface area (Å²) in [6.07, 6.45) is 0.336. The van der Waals surface area contributed by atoms with E-state index in [0.29, 0.717) is 6.42 Å². The first kappa shape index (κ1) is 9.10. The SMILES string of the molecule is CCC(=O)/C(COC)=N\O. The molecular formula is C6H11NO3. The van der Waals surface area contributed by atoms with Crippen LogP contribution in [0.4, 0.5) is 0 Å². The van der Waals surface area contributed by atoms with Gasteiger partial charge in [-0.3, -0.25) is 4.79 Å². The molecule has 0 amide bonds. The molecular weight excluding hydrogens is 134 g/mol. The van der Waals surface area contributed by atoms with Gasteiger partial charge >= 0.3 is 0 Å². The van der Waals surface area contributed by atoms with Crippen molar-refractivity contribution < 1.29 is 14.7 Å². The number of ketones is 1. The van der Waals surface area contributed by atoms with Crippen LogP contribution in [0.2, 0.25) is 0 Å². The summed E-state index contributed by atoms with van der Waals surface area (Å²) in [7, 11) is 1.44. The minimum Gasteiger partial charge on any atom is -0.410 e. The Bertz CT molecular complexity index is 142. The monoisotopic (exact) mass is 145 g/mol. The van der Waals surface area contributed by atoms with E-state index in [2.05, 4.69) is 9.89 Å². The number of Topliss-reactive ketones (excluding diaryl/α,β-unsaturated/α-hetero) is 1. The smallest absolute Gasteiger partial charge is 0.182 e. The molecule has 0 bridgehead atoms. The zero-order valence-electron chi connectivity index (χ0n) is 6.13. The third-order valence-corrected chi connectivity index (χ3v) is 1.04. The van der Waals surface area contributed by atoms with Crippen molar-refractivity contribution in [1.82, 2.24) is 0 Å². The highest BCUT2D eigenvalue weighted by atomic mass is 16.5. The van der Waals surface area contributed by atoms with Gasteiger partial charge in [0.05, 0.1) is 6.61 Å². The summed E-state index contributed by atoms with van der Waals surface area (Å²) < 4.78 is 4.61. The van der Waals surface area contributed by atoms with E-state index in [1.54, 1.807) is 6.92 Å². The van der Waals surface area contributed by atoms with E-state index in [0.717, 1.165) is 0 Å². The summed E-state index contributed by atoms with van der Waals surface area (Å²) in [6.45, 7) is 1.77. The normalized spacial score (nSPS) is 11.6. The van der Waals surface area contributed by atoms with Gasteiger partial charge in [0.15, 0.2) is 5.78 Å². The second kappa shape index (κ2) is 4.93. The van der Waals surface area contributed by atoms with E-state index in [1.807, 2.05) is 0 Å². The second-order valence-electron chi connectivity index (χ2n) is 1.76. The van der Waals surface area contributed by atoms with Crippen molar-refractivity contribution in [3.63, 3.8) is 0 Å². The Kier molecular flexibility index (Phi) is 4.49. The largest absolute Gasteiger partial charge is 0.410 e. The van der Waals surface area contributed by atoms with Gasteiger partial charge in [-0.15, -0.1) is 0 Å². The quantitative estimate of drug-likeness (QED) is 0.355. The number of carbonyl (C=O) groups is 1. The molecule has 0 fully saturated rings. The Labute approximate surface area is 59.5 Å². The molecule has 0 aliphatic rings. The number of rotatable bonds is 4. The van der Waals surface area contributed by atoms with Gasteiger partial charge in [0, 0.05) is 13.5 Å². The molecule has 1 N–H and O–H groups in total. The molecule has 58 valence electrons. The van der Waals surface area contributed by atoms with Crippen LogP contribution in [-0.2, 0) is 9.53 Å². The highest BCUT2D eigenvalue weighted by Crippen LogP contribution is 1.86. The highest BCUT2D eigenvalue weighted by Gasteiger charge is 2.07. The number of ether oxygens (including phenoxy) is 1. The molecule has 0 unspecified atom stereocenters.